The quantitative estimate of drug-likeness (QED) is 0.121. The molecule has 80 heavy (non-hydrogen) atoms. The number of anilines is 6. The highest BCUT2D eigenvalue weighted by Crippen LogP contribution is 2.60. The van der Waals surface area contributed by atoms with E-state index in [0.29, 0.717) is 5.56 Å². The number of aryl methyl sites for hydroxylation is 1. The Hall–Kier alpha value is -6.62. The molecule has 1 fully saturated rings. The molecule has 2 aliphatic heterocycles. The van der Waals surface area contributed by atoms with Crippen molar-refractivity contribution >= 4 is 78.0 Å². The normalized spacial score (nSPS) is 21.4. The van der Waals surface area contributed by atoms with Crippen molar-refractivity contribution in [3.05, 3.63) is 219 Å². The number of nitrogens with zero attached hydrogens (tertiary/aromatic N) is 2. The third-order valence-corrected chi connectivity index (χ3v) is 21.7. The molecule has 0 saturated heterocycles. The van der Waals surface area contributed by atoms with Gasteiger partial charge in [0.15, 0.2) is 0 Å². The molecular weight excluding hydrogens is 984 g/mol. The highest BCUT2D eigenvalue weighted by molar-refractivity contribution is 7.33. The summed E-state index contributed by atoms with van der Waals surface area (Å²) in [4.78, 5) is 5.32. The number of benzene rings is 8. The molecule has 2 bridgehead atoms. The largest absolute Gasteiger partial charge is 0.311 e. The maximum absolute atomic E-state index is 9.11. The van der Waals surface area contributed by atoms with Crippen LogP contribution in [0.2, 0.25) is 0 Å². The molecule has 0 N–H and O–H groups in total. The number of rotatable bonds is 6. The first-order valence-electron chi connectivity index (χ1n) is 31.3. The SMILES string of the molecule is [2H]C([2H])([2H])c1ccccc1C(c1ccccc1)c1cc2c3c(c1)N(c1ccc(C(C)(C)C)cc1)c1c(sc4cc5c(cc14)C1(C)CCC5(C)CC1)B3c1cc3c(cc1N2c1ccc(C(C)(C)C)cc1-c1ccccc1)C(C)(C)CCC3(C)C. The average molecular weight is 1070 g/mol. The lowest BCUT2D eigenvalue weighted by Gasteiger charge is -2.52. The molecule has 0 amide bonds. The number of fused-ring (bicyclic) bond motifs is 9. The van der Waals surface area contributed by atoms with Gasteiger partial charge in [-0.25, -0.2) is 0 Å². The van der Waals surface area contributed by atoms with E-state index in [1.807, 2.05) is 29.5 Å². The minimum atomic E-state index is -2.35. The van der Waals surface area contributed by atoms with Crippen molar-refractivity contribution in [3.8, 4) is 11.1 Å². The molecule has 1 atom stereocenters. The number of hydrogen-bond acceptors (Lipinski definition) is 3. The summed E-state index contributed by atoms with van der Waals surface area (Å²) in [5.74, 6) is -0.426. The zero-order valence-electron chi connectivity index (χ0n) is 52.3. The van der Waals surface area contributed by atoms with Gasteiger partial charge in [-0.05, 0) is 205 Å². The van der Waals surface area contributed by atoms with Gasteiger partial charge in [-0.15, -0.1) is 11.3 Å². The lowest BCUT2D eigenvalue weighted by molar-refractivity contribution is 0.188. The highest BCUT2D eigenvalue weighted by Gasteiger charge is 2.51. The maximum atomic E-state index is 9.11. The summed E-state index contributed by atoms with van der Waals surface area (Å²) >= 11 is 2.03. The maximum Gasteiger partial charge on any atom is 0.264 e. The summed E-state index contributed by atoms with van der Waals surface area (Å²) in [5, 5.41) is 1.33. The molecule has 0 radical (unpaired) electrons. The molecule has 402 valence electrons. The van der Waals surface area contributed by atoms with Gasteiger partial charge in [0, 0.05) is 53.2 Å². The second-order valence-corrected chi connectivity index (χ2v) is 29.8. The van der Waals surface area contributed by atoms with Gasteiger partial charge in [-0.2, -0.15) is 0 Å². The summed E-state index contributed by atoms with van der Waals surface area (Å²) in [7, 11) is 0. The van der Waals surface area contributed by atoms with Crippen LogP contribution in [0.4, 0.5) is 34.1 Å². The van der Waals surface area contributed by atoms with Crippen LogP contribution >= 0.6 is 11.3 Å². The van der Waals surface area contributed by atoms with Gasteiger partial charge in [0.2, 0.25) is 0 Å². The van der Waals surface area contributed by atoms with Gasteiger partial charge < -0.3 is 9.80 Å². The van der Waals surface area contributed by atoms with Crippen molar-refractivity contribution in [2.24, 2.45) is 0 Å². The van der Waals surface area contributed by atoms with E-state index >= 15 is 0 Å². The summed E-state index contributed by atoms with van der Waals surface area (Å²) in [5.41, 5.74) is 23.9. The molecule has 2 nitrogen and oxygen atoms in total. The van der Waals surface area contributed by atoms with E-state index in [2.05, 4.69) is 238 Å². The standard InChI is InChI=1S/C76H79BN2S/c1-47-22-20-21-27-54(47)67(49-25-18-15-19-26-49)50-40-64-68-65(41-50)79(62-33-30-52(72(5,6)7)42-55(62)48-23-16-14-17-24-48)63-45-58-57(73(8,9)34-35-74(58,10)11)44-61(63)77(68)70-69(78(64)53-31-28-51(29-32-53)71(2,3)4)56-43-59-60(46-66(56)80-70)76(13)38-36-75(59,12)37-39-76/h14-33,40-46,67H,34-39H2,1-13H3/i1D3. The van der Waals surface area contributed by atoms with E-state index in [9.17, 15) is 0 Å². The van der Waals surface area contributed by atoms with E-state index in [0.717, 1.165) is 52.3 Å². The highest BCUT2D eigenvalue weighted by atomic mass is 32.1. The summed E-state index contributed by atoms with van der Waals surface area (Å²) in [6, 6.07) is 61.9. The van der Waals surface area contributed by atoms with Gasteiger partial charge in [0.1, 0.15) is 0 Å². The molecule has 9 aromatic rings. The summed E-state index contributed by atoms with van der Waals surface area (Å²) in [6.07, 6.45) is 7.11. The molecule has 8 aromatic carbocycles. The van der Waals surface area contributed by atoms with Gasteiger partial charge in [0.05, 0.1) is 11.4 Å². The summed E-state index contributed by atoms with van der Waals surface area (Å²) < 4.78 is 30.1. The van der Waals surface area contributed by atoms with Crippen molar-refractivity contribution in [3.63, 3.8) is 0 Å². The lowest BCUT2D eigenvalue weighted by atomic mass is 9.35. The number of hydrogen-bond donors (Lipinski definition) is 0. The minimum absolute atomic E-state index is 0.0397. The third kappa shape index (κ3) is 7.84. The van der Waals surface area contributed by atoms with Crippen LogP contribution in [-0.2, 0) is 32.5 Å². The van der Waals surface area contributed by atoms with Gasteiger partial charge >= 0.3 is 0 Å². The second kappa shape index (κ2) is 17.7. The van der Waals surface area contributed by atoms with Crippen LogP contribution in [0.1, 0.15) is 187 Å². The van der Waals surface area contributed by atoms with Gasteiger partial charge in [-0.1, -0.05) is 192 Å². The Kier molecular flexibility index (Phi) is 10.6. The first kappa shape index (κ1) is 48.1. The van der Waals surface area contributed by atoms with Crippen molar-refractivity contribution in [2.75, 3.05) is 9.80 Å². The predicted molar refractivity (Wildman–Crippen MR) is 346 cm³/mol. The van der Waals surface area contributed by atoms with E-state index in [4.69, 9.17) is 4.11 Å². The van der Waals surface area contributed by atoms with E-state index in [1.54, 1.807) is 11.1 Å². The van der Waals surface area contributed by atoms with Crippen molar-refractivity contribution in [2.45, 2.75) is 167 Å². The van der Waals surface area contributed by atoms with E-state index in [-0.39, 0.29) is 39.2 Å². The second-order valence-electron chi connectivity index (χ2n) is 28.7. The molecule has 1 saturated carbocycles. The predicted octanol–water partition coefficient (Wildman–Crippen LogP) is 19.2. The van der Waals surface area contributed by atoms with Crippen LogP contribution in [0.5, 0.6) is 0 Å². The van der Waals surface area contributed by atoms with Crippen LogP contribution in [-0.4, -0.2) is 6.71 Å². The van der Waals surface area contributed by atoms with Gasteiger partial charge in [-0.3, -0.25) is 0 Å². The fourth-order valence-electron chi connectivity index (χ4n) is 15.3. The fraction of sp³-hybridized carbons (Fsp3) is 0.342. The summed E-state index contributed by atoms with van der Waals surface area (Å²) in [6.45, 7) is 26.4. The molecule has 4 aliphatic carbocycles. The first-order valence-corrected chi connectivity index (χ1v) is 30.6. The molecule has 3 heterocycles. The first-order chi connectivity index (χ1) is 39.2. The minimum Gasteiger partial charge on any atom is -0.311 e. The monoisotopic (exact) mass is 1070 g/mol. The molecule has 4 heteroatoms. The topological polar surface area (TPSA) is 6.48 Å². The van der Waals surface area contributed by atoms with Crippen LogP contribution in [0.15, 0.2) is 164 Å². The third-order valence-electron chi connectivity index (χ3n) is 20.5. The Balaban J connectivity index is 1.18. The average Bonchev–Trinajstić information content (AvgIpc) is 1.98. The van der Waals surface area contributed by atoms with Crippen molar-refractivity contribution in [1.82, 2.24) is 0 Å². The molecular formula is C76H79BN2S. The lowest BCUT2D eigenvalue weighted by Crippen LogP contribution is -2.61. The fourth-order valence-corrected chi connectivity index (χ4v) is 16.6. The van der Waals surface area contributed by atoms with Crippen LogP contribution in [0.25, 0.3) is 21.2 Å². The Labute approximate surface area is 486 Å². The Morgan fingerprint density at radius 3 is 1.73 bits per heavy atom. The Bertz CT molecular complexity index is 4090. The molecule has 1 aromatic heterocycles. The van der Waals surface area contributed by atoms with Crippen LogP contribution in [0, 0.1) is 6.85 Å². The van der Waals surface area contributed by atoms with E-state index < -0.39 is 12.8 Å². The van der Waals surface area contributed by atoms with Gasteiger partial charge in [0.25, 0.3) is 6.71 Å². The zero-order chi connectivity index (χ0) is 58.1. The molecule has 15 rings (SSSR count). The smallest absolute Gasteiger partial charge is 0.264 e. The molecule has 0 spiro atoms. The van der Waals surface area contributed by atoms with Crippen LogP contribution in [0.3, 0.4) is 0 Å². The Morgan fingerprint density at radius 2 is 1.09 bits per heavy atom. The number of thiophene rings is 1. The molecule has 1 unspecified atom stereocenters. The van der Waals surface area contributed by atoms with Crippen LogP contribution < -0.4 is 25.5 Å². The van der Waals surface area contributed by atoms with Crippen molar-refractivity contribution < 1.29 is 4.11 Å². The van der Waals surface area contributed by atoms with E-state index in [1.165, 1.54) is 96.2 Å². The Morgan fingerprint density at radius 1 is 0.512 bits per heavy atom. The molecule has 6 aliphatic rings. The zero-order valence-corrected chi connectivity index (χ0v) is 50.1. The van der Waals surface area contributed by atoms with Crippen molar-refractivity contribution in [1.29, 1.82) is 0 Å².